The van der Waals surface area contributed by atoms with E-state index in [1.54, 1.807) is 6.92 Å². The van der Waals surface area contributed by atoms with E-state index in [0.717, 1.165) is 37.6 Å². The van der Waals surface area contributed by atoms with E-state index in [0.29, 0.717) is 12.2 Å². The average molecular weight is 410 g/mol. The predicted molar refractivity (Wildman–Crippen MR) is 98.0 cm³/mol. The van der Waals surface area contributed by atoms with Crippen molar-refractivity contribution in [1.82, 2.24) is 19.3 Å². The molecule has 3 heterocycles. The number of hydrogen-bond acceptors (Lipinski definition) is 4. The lowest BCUT2D eigenvalue weighted by Gasteiger charge is -2.74. The van der Waals surface area contributed by atoms with Gasteiger partial charge >= 0.3 is 6.18 Å². The molecule has 2 N–H and O–H groups in total. The van der Waals surface area contributed by atoms with Gasteiger partial charge in [-0.1, -0.05) is 0 Å². The molecule has 3 fully saturated rings. The first-order chi connectivity index (χ1) is 13.2. The second kappa shape index (κ2) is 5.06. The Kier molecular flexibility index (Phi) is 3.33. The summed E-state index contributed by atoms with van der Waals surface area (Å²) in [6.45, 7) is 6.65. The van der Waals surface area contributed by atoms with Crippen LogP contribution < -0.4 is 0 Å². The molecule has 2 bridgehead atoms. The molecule has 29 heavy (non-hydrogen) atoms. The standard InChI is InChI=1S/C20H25F3N4O2/c1-11-7-26-12(13-6-24-15(27(11)13)17(4,29)20(21,22)23)5-14(25-26)18-8-19(9-18,10-18)16(2,3)28/h5-6,11,28-29H,7-10H2,1-4H3/t11-,17+,18?,19?/m0/s1. The van der Waals surface area contributed by atoms with Gasteiger partial charge in [-0.25, -0.2) is 4.98 Å². The summed E-state index contributed by atoms with van der Waals surface area (Å²) >= 11 is 0. The maximum absolute atomic E-state index is 13.4. The van der Waals surface area contributed by atoms with Crippen molar-refractivity contribution in [1.29, 1.82) is 0 Å². The van der Waals surface area contributed by atoms with Gasteiger partial charge in [0.15, 0.2) is 5.82 Å². The van der Waals surface area contributed by atoms with Crippen LogP contribution in [0, 0.1) is 5.41 Å². The van der Waals surface area contributed by atoms with Crippen LogP contribution in [0.5, 0.6) is 0 Å². The fraction of sp³-hybridized carbons (Fsp3) is 0.700. The van der Waals surface area contributed by atoms with Crippen molar-refractivity contribution in [2.75, 3.05) is 0 Å². The van der Waals surface area contributed by atoms with Crippen LogP contribution in [-0.4, -0.2) is 41.3 Å². The summed E-state index contributed by atoms with van der Waals surface area (Å²) in [5.74, 6) is -0.395. The molecule has 0 aromatic carbocycles. The first kappa shape index (κ1) is 19.1. The number of alkyl halides is 3. The third-order valence-electron chi connectivity index (χ3n) is 7.58. The fourth-order valence-electron chi connectivity index (χ4n) is 5.55. The molecule has 0 spiro atoms. The van der Waals surface area contributed by atoms with Gasteiger partial charge in [0.25, 0.3) is 0 Å². The van der Waals surface area contributed by atoms with Crippen LogP contribution in [0.4, 0.5) is 13.2 Å². The average Bonchev–Trinajstić information content (AvgIpc) is 3.05. The highest BCUT2D eigenvalue weighted by atomic mass is 19.4. The summed E-state index contributed by atoms with van der Waals surface area (Å²) in [6, 6.07) is 1.62. The second-order valence-corrected chi connectivity index (χ2v) is 10.0. The van der Waals surface area contributed by atoms with Gasteiger partial charge in [0.1, 0.15) is 0 Å². The quantitative estimate of drug-likeness (QED) is 0.814. The third kappa shape index (κ3) is 2.20. The topological polar surface area (TPSA) is 76.1 Å². The van der Waals surface area contributed by atoms with E-state index in [9.17, 15) is 23.4 Å². The highest BCUT2D eigenvalue weighted by Crippen LogP contribution is 2.77. The molecule has 0 unspecified atom stereocenters. The minimum absolute atomic E-state index is 0.0429. The summed E-state index contributed by atoms with van der Waals surface area (Å²) in [4.78, 5) is 3.96. The third-order valence-corrected chi connectivity index (χ3v) is 7.58. The molecular formula is C20H25F3N4O2. The van der Waals surface area contributed by atoms with Crippen LogP contribution in [0.25, 0.3) is 11.4 Å². The Labute approximate surface area is 166 Å². The van der Waals surface area contributed by atoms with Crippen molar-refractivity contribution in [2.45, 2.75) is 82.3 Å². The van der Waals surface area contributed by atoms with Crippen molar-refractivity contribution >= 4 is 0 Å². The Morgan fingerprint density at radius 3 is 2.28 bits per heavy atom. The monoisotopic (exact) mass is 410 g/mol. The summed E-state index contributed by atoms with van der Waals surface area (Å²) in [5, 5.41) is 25.4. The van der Waals surface area contributed by atoms with Crippen molar-refractivity contribution in [3.63, 3.8) is 0 Å². The zero-order valence-corrected chi connectivity index (χ0v) is 16.9. The number of fused-ring (bicyclic) bond motifs is 3. The summed E-state index contributed by atoms with van der Waals surface area (Å²) in [5.41, 5.74) is -1.66. The molecule has 2 aromatic rings. The minimum atomic E-state index is -4.82. The number of aromatic nitrogens is 4. The Morgan fingerprint density at radius 1 is 1.10 bits per heavy atom. The molecule has 2 atom stereocenters. The van der Waals surface area contributed by atoms with E-state index >= 15 is 0 Å². The van der Waals surface area contributed by atoms with E-state index in [-0.39, 0.29) is 16.9 Å². The Morgan fingerprint density at radius 2 is 1.72 bits per heavy atom. The van der Waals surface area contributed by atoms with Gasteiger partial charge in [-0.2, -0.15) is 18.3 Å². The van der Waals surface area contributed by atoms with Gasteiger partial charge < -0.3 is 14.8 Å². The zero-order chi connectivity index (χ0) is 21.2. The zero-order valence-electron chi connectivity index (χ0n) is 16.9. The fourth-order valence-corrected chi connectivity index (χ4v) is 5.55. The largest absolute Gasteiger partial charge is 0.424 e. The van der Waals surface area contributed by atoms with Crippen molar-refractivity contribution in [2.24, 2.45) is 5.41 Å². The van der Waals surface area contributed by atoms with Crippen LogP contribution in [0.1, 0.15) is 64.5 Å². The number of aliphatic hydroxyl groups is 2. The van der Waals surface area contributed by atoms with Crippen molar-refractivity contribution in [3.8, 4) is 11.4 Å². The molecule has 9 heteroatoms. The Balaban J connectivity index is 1.52. The molecule has 2 aromatic heterocycles. The number of rotatable bonds is 3. The number of hydrogen-bond donors (Lipinski definition) is 2. The maximum Gasteiger partial charge on any atom is 0.424 e. The smallest absolute Gasteiger partial charge is 0.390 e. The summed E-state index contributed by atoms with van der Waals surface area (Å²) in [7, 11) is 0. The van der Waals surface area contributed by atoms with Crippen LogP contribution in [0.15, 0.2) is 12.3 Å². The highest BCUT2D eigenvalue weighted by Gasteiger charge is 2.74. The Bertz CT molecular complexity index is 992. The summed E-state index contributed by atoms with van der Waals surface area (Å²) in [6.07, 6.45) is -0.799. The van der Waals surface area contributed by atoms with Crippen LogP contribution in [0.2, 0.25) is 0 Å². The van der Waals surface area contributed by atoms with Crippen molar-refractivity contribution < 1.29 is 23.4 Å². The SMILES string of the molecule is C[C@H]1Cn2nc(C34CC(C(C)(C)O)(C3)C4)cc2-c2cnc([C@@](C)(O)C(F)(F)F)n21. The first-order valence-corrected chi connectivity index (χ1v) is 9.89. The van der Waals surface area contributed by atoms with Gasteiger partial charge in [0, 0.05) is 10.8 Å². The van der Waals surface area contributed by atoms with Crippen LogP contribution in [-0.2, 0) is 17.6 Å². The van der Waals surface area contributed by atoms with Crippen molar-refractivity contribution in [3.05, 3.63) is 23.8 Å². The maximum atomic E-state index is 13.4. The molecule has 158 valence electrons. The van der Waals surface area contributed by atoms with E-state index < -0.39 is 23.2 Å². The molecule has 0 saturated heterocycles. The molecule has 0 amide bonds. The predicted octanol–water partition coefficient (Wildman–Crippen LogP) is 3.28. The van der Waals surface area contributed by atoms with Gasteiger partial charge in [0.05, 0.1) is 41.5 Å². The number of imidazole rings is 1. The normalized spacial score (nSPS) is 32.7. The lowest BCUT2D eigenvalue weighted by Crippen LogP contribution is -2.72. The van der Waals surface area contributed by atoms with E-state index in [1.165, 1.54) is 10.8 Å². The van der Waals surface area contributed by atoms with Gasteiger partial charge in [-0.15, -0.1) is 0 Å². The van der Waals surface area contributed by atoms with E-state index in [2.05, 4.69) is 4.98 Å². The van der Waals surface area contributed by atoms with Gasteiger partial charge in [-0.05, 0) is 53.0 Å². The molecular weight excluding hydrogens is 385 g/mol. The molecule has 4 aliphatic rings. The van der Waals surface area contributed by atoms with Gasteiger partial charge in [0.2, 0.25) is 5.60 Å². The van der Waals surface area contributed by atoms with Gasteiger partial charge in [-0.3, -0.25) is 4.68 Å². The van der Waals surface area contributed by atoms with E-state index in [1.807, 2.05) is 24.6 Å². The molecule has 1 aliphatic heterocycles. The van der Waals surface area contributed by atoms with Crippen LogP contribution in [0.3, 0.4) is 0 Å². The molecule has 3 saturated carbocycles. The Hall–Kier alpha value is -1.87. The number of halogens is 3. The minimum Gasteiger partial charge on any atom is -0.390 e. The lowest BCUT2D eigenvalue weighted by molar-refractivity contribution is -0.262. The molecule has 6 nitrogen and oxygen atoms in total. The second-order valence-electron chi connectivity index (χ2n) is 10.0. The lowest BCUT2D eigenvalue weighted by atomic mass is 9.30. The summed E-state index contributed by atoms with van der Waals surface area (Å²) < 4.78 is 43.5. The molecule has 6 rings (SSSR count). The molecule has 0 radical (unpaired) electrons. The van der Waals surface area contributed by atoms with Crippen LogP contribution >= 0.6 is 0 Å². The molecule has 3 aliphatic carbocycles. The first-order valence-electron chi connectivity index (χ1n) is 9.89. The number of nitrogens with zero attached hydrogens (tertiary/aromatic N) is 4. The van der Waals surface area contributed by atoms with E-state index in [4.69, 9.17) is 5.10 Å². The highest BCUT2D eigenvalue weighted by molar-refractivity contribution is 5.59.